The van der Waals surface area contributed by atoms with E-state index in [1.165, 1.54) is 0 Å². The van der Waals surface area contributed by atoms with Crippen LogP contribution in [0.2, 0.25) is 0 Å². The maximum absolute atomic E-state index is 4.59. The van der Waals surface area contributed by atoms with Gasteiger partial charge in [-0.3, -0.25) is 4.40 Å². The molecule has 18 heavy (non-hydrogen) atoms. The van der Waals surface area contributed by atoms with E-state index in [0.717, 1.165) is 29.3 Å². The number of likely N-dealkylation sites (N-methyl/N-ethyl adjacent to an activating group) is 1. The molecule has 0 spiro atoms. The molecule has 0 amide bonds. The number of thiazole rings is 1. The van der Waals surface area contributed by atoms with E-state index in [9.17, 15) is 0 Å². The van der Waals surface area contributed by atoms with Gasteiger partial charge in [0.05, 0.1) is 23.6 Å². The van der Waals surface area contributed by atoms with Crippen LogP contribution < -0.4 is 5.32 Å². The van der Waals surface area contributed by atoms with Crippen molar-refractivity contribution in [3.05, 3.63) is 35.4 Å². The molecule has 1 unspecified atom stereocenters. The maximum Gasteiger partial charge on any atom is 0.193 e. The minimum absolute atomic E-state index is 0.151. The summed E-state index contributed by atoms with van der Waals surface area (Å²) in [5.74, 6) is 0. The van der Waals surface area contributed by atoms with Crippen LogP contribution in [0, 0.1) is 0 Å². The zero-order valence-electron chi connectivity index (χ0n) is 10.00. The van der Waals surface area contributed by atoms with Crippen molar-refractivity contribution in [3.63, 3.8) is 0 Å². The summed E-state index contributed by atoms with van der Waals surface area (Å²) in [6, 6.07) is 0.151. The van der Waals surface area contributed by atoms with Crippen LogP contribution in [-0.4, -0.2) is 31.3 Å². The first-order valence-corrected chi connectivity index (χ1v) is 6.75. The molecule has 0 aliphatic carbocycles. The van der Waals surface area contributed by atoms with Crippen LogP contribution in [0.15, 0.2) is 24.0 Å². The lowest BCUT2D eigenvalue weighted by Gasteiger charge is -2.13. The minimum atomic E-state index is 0.151. The lowest BCUT2D eigenvalue weighted by atomic mass is 10.1. The fraction of sp³-hybridized carbons (Fsp3) is 0.364. The number of rotatable bonds is 5. The van der Waals surface area contributed by atoms with Crippen molar-refractivity contribution in [2.75, 3.05) is 6.54 Å². The fourth-order valence-corrected chi connectivity index (χ4v) is 2.71. The molecule has 3 aromatic heterocycles. The van der Waals surface area contributed by atoms with Gasteiger partial charge in [-0.15, -0.1) is 11.3 Å². The Balaban J connectivity index is 1.82. The Morgan fingerprint density at radius 2 is 2.50 bits per heavy atom. The molecule has 3 heterocycles. The first-order chi connectivity index (χ1) is 8.86. The van der Waals surface area contributed by atoms with Crippen molar-refractivity contribution in [2.45, 2.75) is 19.4 Å². The van der Waals surface area contributed by atoms with E-state index in [0.29, 0.717) is 0 Å². The average molecular weight is 262 g/mol. The van der Waals surface area contributed by atoms with Gasteiger partial charge < -0.3 is 5.32 Å². The second-order valence-corrected chi connectivity index (χ2v) is 4.91. The van der Waals surface area contributed by atoms with E-state index in [4.69, 9.17) is 0 Å². The fourth-order valence-electron chi connectivity index (χ4n) is 1.99. The summed E-state index contributed by atoms with van der Waals surface area (Å²) in [5, 5.41) is 16.1. The highest BCUT2D eigenvalue weighted by Gasteiger charge is 2.15. The molecule has 0 bridgehead atoms. The molecule has 0 saturated heterocycles. The highest BCUT2D eigenvalue weighted by atomic mass is 32.1. The molecule has 0 aliphatic rings. The third kappa shape index (κ3) is 2.14. The molecule has 94 valence electrons. The predicted octanol–water partition coefficient (Wildman–Crippen LogP) is 1.41. The Kier molecular flexibility index (Phi) is 3.07. The van der Waals surface area contributed by atoms with Crippen molar-refractivity contribution in [2.24, 2.45) is 0 Å². The number of aromatic nitrogens is 5. The first kappa shape index (κ1) is 11.4. The predicted molar refractivity (Wildman–Crippen MR) is 69.6 cm³/mol. The number of nitrogens with one attached hydrogen (secondary N) is 2. The highest BCUT2D eigenvalue weighted by Crippen LogP contribution is 2.17. The quantitative estimate of drug-likeness (QED) is 0.729. The molecule has 3 rings (SSSR count). The van der Waals surface area contributed by atoms with Gasteiger partial charge in [-0.1, -0.05) is 6.92 Å². The molecule has 0 radical (unpaired) electrons. The maximum atomic E-state index is 4.59. The van der Waals surface area contributed by atoms with Gasteiger partial charge in [0, 0.05) is 24.2 Å². The van der Waals surface area contributed by atoms with Crippen LogP contribution in [0.5, 0.6) is 0 Å². The van der Waals surface area contributed by atoms with Gasteiger partial charge in [-0.2, -0.15) is 15.4 Å². The number of nitrogens with zero attached hydrogens (tertiary/aromatic N) is 4. The molecule has 1 atom stereocenters. The normalized spacial score (nSPS) is 13.2. The monoisotopic (exact) mass is 262 g/mol. The zero-order valence-corrected chi connectivity index (χ0v) is 10.8. The Morgan fingerprint density at radius 3 is 3.22 bits per heavy atom. The van der Waals surface area contributed by atoms with Crippen molar-refractivity contribution < 1.29 is 0 Å². The summed E-state index contributed by atoms with van der Waals surface area (Å²) in [5.41, 5.74) is 1.99. The third-order valence-electron chi connectivity index (χ3n) is 2.80. The van der Waals surface area contributed by atoms with Crippen LogP contribution in [0.3, 0.4) is 0 Å². The summed E-state index contributed by atoms with van der Waals surface area (Å²) in [4.78, 5) is 5.62. The SMILES string of the molecule is CCNC(Cc1cn2ccsc2n1)c1cn[nH]n1. The zero-order chi connectivity index (χ0) is 12.4. The number of aromatic amines is 1. The van der Waals surface area contributed by atoms with Crippen LogP contribution in [0.4, 0.5) is 0 Å². The Labute approximate surface area is 108 Å². The second kappa shape index (κ2) is 4.87. The van der Waals surface area contributed by atoms with Crippen LogP contribution in [0.1, 0.15) is 24.4 Å². The minimum Gasteiger partial charge on any atom is -0.308 e. The van der Waals surface area contributed by atoms with E-state index in [1.54, 1.807) is 17.5 Å². The summed E-state index contributed by atoms with van der Waals surface area (Å²) >= 11 is 1.64. The Bertz CT molecular complexity index is 582. The number of hydrogen-bond donors (Lipinski definition) is 2. The summed E-state index contributed by atoms with van der Waals surface area (Å²) in [6.07, 6.45) is 6.66. The van der Waals surface area contributed by atoms with Crippen molar-refractivity contribution in [1.29, 1.82) is 0 Å². The number of imidazole rings is 1. The van der Waals surface area contributed by atoms with E-state index in [1.807, 2.05) is 16.0 Å². The van der Waals surface area contributed by atoms with Gasteiger partial charge in [0.1, 0.15) is 0 Å². The summed E-state index contributed by atoms with van der Waals surface area (Å²) < 4.78 is 2.05. The number of hydrogen-bond acceptors (Lipinski definition) is 5. The first-order valence-electron chi connectivity index (χ1n) is 5.87. The van der Waals surface area contributed by atoms with Gasteiger partial charge in [-0.05, 0) is 6.54 Å². The van der Waals surface area contributed by atoms with Gasteiger partial charge in [0.2, 0.25) is 0 Å². The van der Waals surface area contributed by atoms with Crippen LogP contribution in [-0.2, 0) is 6.42 Å². The van der Waals surface area contributed by atoms with Crippen molar-refractivity contribution in [1.82, 2.24) is 30.1 Å². The molecule has 0 aromatic carbocycles. The van der Waals surface area contributed by atoms with E-state index in [-0.39, 0.29) is 6.04 Å². The smallest absolute Gasteiger partial charge is 0.193 e. The summed E-state index contributed by atoms with van der Waals surface area (Å²) in [7, 11) is 0. The van der Waals surface area contributed by atoms with Crippen molar-refractivity contribution >= 4 is 16.3 Å². The molecule has 2 N–H and O–H groups in total. The molecule has 3 aromatic rings. The van der Waals surface area contributed by atoms with Gasteiger partial charge in [-0.25, -0.2) is 4.98 Å². The lowest BCUT2D eigenvalue weighted by Crippen LogP contribution is -2.23. The largest absolute Gasteiger partial charge is 0.308 e. The van der Waals surface area contributed by atoms with E-state index in [2.05, 4.69) is 38.8 Å². The molecule has 0 saturated carbocycles. The van der Waals surface area contributed by atoms with Crippen LogP contribution >= 0.6 is 11.3 Å². The van der Waals surface area contributed by atoms with Crippen molar-refractivity contribution in [3.8, 4) is 0 Å². The lowest BCUT2D eigenvalue weighted by molar-refractivity contribution is 0.531. The molecule has 7 heteroatoms. The molecular formula is C11H14N6S. The highest BCUT2D eigenvalue weighted by molar-refractivity contribution is 7.15. The van der Waals surface area contributed by atoms with Crippen LogP contribution in [0.25, 0.3) is 4.96 Å². The van der Waals surface area contributed by atoms with Gasteiger partial charge in [0.25, 0.3) is 0 Å². The number of fused-ring (bicyclic) bond motifs is 1. The van der Waals surface area contributed by atoms with E-state index >= 15 is 0 Å². The Hall–Kier alpha value is -1.73. The second-order valence-electron chi connectivity index (χ2n) is 4.03. The van der Waals surface area contributed by atoms with E-state index < -0.39 is 0 Å². The number of H-pyrrole nitrogens is 1. The summed E-state index contributed by atoms with van der Waals surface area (Å²) in [6.45, 7) is 2.97. The standard InChI is InChI=1S/C11H14N6S/c1-2-12-9(10-6-13-16-15-10)5-8-7-17-3-4-18-11(17)14-8/h3-4,6-7,9,12H,2,5H2,1H3,(H,13,15,16). The topological polar surface area (TPSA) is 70.9 Å². The third-order valence-corrected chi connectivity index (χ3v) is 3.57. The van der Waals surface area contributed by atoms with Gasteiger partial charge >= 0.3 is 0 Å². The molecule has 0 fully saturated rings. The average Bonchev–Trinajstić information content (AvgIpc) is 3.04. The Morgan fingerprint density at radius 1 is 1.56 bits per heavy atom. The van der Waals surface area contributed by atoms with Gasteiger partial charge in [0.15, 0.2) is 4.96 Å². The molecule has 6 nitrogen and oxygen atoms in total. The molecular weight excluding hydrogens is 248 g/mol. The molecule has 0 aliphatic heterocycles.